The Labute approximate surface area is 233 Å². The van der Waals surface area contributed by atoms with Crippen LogP contribution in [-0.4, -0.2) is 48.0 Å². The number of nitro benzene ring substituents is 1. The van der Waals surface area contributed by atoms with Crippen LogP contribution in [0.1, 0.15) is 70.4 Å². The van der Waals surface area contributed by atoms with Crippen molar-refractivity contribution in [2.24, 2.45) is 5.92 Å². The Morgan fingerprint density at radius 2 is 1.70 bits per heavy atom. The number of rotatable bonds is 8. The van der Waals surface area contributed by atoms with Gasteiger partial charge in [0.1, 0.15) is 5.56 Å². The van der Waals surface area contributed by atoms with Crippen LogP contribution in [0.15, 0.2) is 42.5 Å². The molecule has 1 N–H and O–H groups in total. The summed E-state index contributed by atoms with van der Waals surface area (Å²) in [6.45, 7) is 9.64. The summed E-state index contributed by atoms with van der Waals surface area (Å²) in [5, 5.41) is 14.0. The zero-order chi connectivity index (χ0) is 29.1. The number of likely N-dealkylation sites (tertiary alicyclic amines) is 1. The van der Waals surface area contributed by atoms with Crippen LogP contribution in [0.5, 0.6) is 0 Å². The molecule has 0 aliphatic carbocycles. The number of nitrogens with zero attached hydrogens (tertiary/aromatic N) is 3. The molecule has 2 aliphatic rings. The van der Waals surface area contributed by atoms with Gasteiger partial charge in [0, 0.05) is 56.1 Å². The van der Waals surface area contributed by atoms with Crippen LogP contribution in [-0.2, 0) is 16.4 Å². The van der Waals surface area contributed by atoms with E-state index in [4.69, 9.17) is 0 Å². The first-order valence-corrected chi connectivity index (χ1v) is 14.1. The highest BCUT2D eigenvalue weighted by Gasteiger charge is 2.38. The van der Waals surface area contributed by atoms with E-state index >= 15 is 0 Å². The maximum Gasteiger partial charge on any atom is 0.423 e. The number of piperidine rings is 1. The van der Waals surface area contributed by atoms with Gasteiger partial charge in [-0.2, -0.15) is 13.2 Å². The molecule has 7 nitrogen and oxygen atoms in total. The predicted octanol–water partition coefficient (Wildman–Crippen LogP) is 7.01. The summed E-state index contributed by atoms with van der Waals surface area (Å²) in [4.78, 5) is 26.9. The average Bonchev–Trinajstić information content (AvgIpc) is 3.36. The summed E-state index contributed by atoms with van der Waals surface area (Å²) in [7, 11) is 0. The van der Waals surface area contributed by atoms with Gasteiger partial charge < -0.3 is 15.1 Å². The summed E-state index contributed by atoms with van der Waals surface area (Å²) >= 11 is 0. The van der Waals surface area contributed by atoms with Gasteiger partial charge in [0.25, 0.3) is 5.69 Å². The number of hydrogen-bond acceptors (Lipinski definition) is 5. The molecule has 2 heterocycles. The van der Waals surface area contributed by atoms with Gasteiger partial charge in [0.05, 0.1) is 4.92 Å². The van der Waals surface area contributed by atoms with Crippen molar-refractivity contribution in [3.63, 3.8) is 0 Å². The number of halogens is 3. The minimum Gasteiger partial charge on any atom is -0.380 e. The summed E-state index contributed by atoms with van der Waals surface area (Å²) in [5.41, 5.74) is 0.650. The molecule has 10 heteroatoms. The van der Waals surface area contributed by atoms with Gasteiger partial charge in [-0.3, -0.25) is 14.9 Å². The first-order valence-electron chi connectivity index (χ1n) is 14.1. The van der Waals surface area contributed by atoms with E-state index in [9.17, 15) is 28.1 Å². The van der Waals surface area contributed by atoms with E-state index < -0.39 is 22.4 Å². The third kappa shape index (κ3) is 7.46. The number of anilines is 2. The molecule has 4 rings (SSSR count). The molecule has 0 saturated carbocycles. The number of carbonyl (C=O) groups is 1. The Morgan fingerprint density at radius 3 is 2.30 bits per heavy atom. The average molecular weight is 561 g/mol. The molecule has 0 spiro atoms. The third-order valence-electron chi connectivity index (χ3n) is 8.13. The summed E-state index contributed by atoms with van der Waals surface area (Å²) < 4.78 is 39.8. The van der Waals surface area contributed by atoms with Gasteiger partial charge in [0.15, 0.2) is 0 Å². The highest BCUT2D eigenvalue weighted by Crippen LogP contribution is 2.38. The number of nitrogens with one attached hydrogen (secondary N) is 1. The van der Waals surface area contributed by atoms with Crippen LogP contribution in [0.3, 0.4) is 0 Å². The Balaban J connectivity index is 1.19. The molecule has 0 bridgehead atoms. The molecular formula is C30H39F3N4O3. The Kier molecular flexibility index (Phi) is 8.95. The lowest BCUT2D eigenvalue weighted by atomic mass is 9.87. The Bertz CT molecular complexity index is 1190. The number of carbonyl (C=O) groups excluding carboxylic acids is 1. The van der Waals surface area contributed by atoms with Crippen molar-refractivity contribution >= 4 is 23.0 Å². The molecule has 1 amide bonds. The molecule has 1 atom stereocenters. The van der Waals surface area contributed by atoms with E-state index in [-0.39, 0.29) is 23.1 Å². The van der Waals surface area contributed by atoms with Crippen molar-refractivity contribution in [1.82, 2.24) is 4.90 Å². The third-order valence-corrected chi connectivity index (χ3v) is 8.13. The maximum absolute atomic E-state index is 13.3. The van der Waals surface area contributed by atoms with Gasteiger partial charge in [-0.1, -0.05) is 32.9 Å². The maximum atomic E-state index is 13.3. The van der Waals surface area contributed by atoms with E-state index in [1.54, 1.807) is 4.90 Å². The van der Waals surface area contributed by atoms with Crippen molar-refractivity contribution in [2.45, 2.75) is 76.9 Å². The predicted molar refractivity (Wildman–Crippen MR) is 151 cm³/mol. The zero-order valence-electron chi connectivity index (χ0n) is 23.5. The second kappa shape index (κ2) is 12.1. The standard InChI is InChI=1S/C30H39F3N4O3/c1-29(2,3)22-7-10-25(11-8-22)35-16-13-21(14-17-35)5-4-6-28(38)36-18-15-24(20-36)34-23-9-12-27(37(39)40)26(19-23)30(31,32)33/h7-12,19,21,24,34H,4-6,13-18,20H2,1-3H3/t24-/m1/s1. The number of alkyl halides is 3. The van der Waals surface area contributed by atoms with Gasteiger partial charge >= 0.3 is 6.18 Å². The van der Waals surface area contributed by atoms with Crippen molar-refractivity contribution in [2.75, 3.05) is 36.4 Å². The summed E-state index contributed by atoms with van der Waals surface area (Å²) in [6, 6.07) is 11.6. The molecular weight excluding hydrogens is 521 g/mol. The molecule has 40 heavy (non-hydrogen) atoms. The van der Waals surface area contributed by atoms with Crippen LogP contribution in [0.2, 0.25) is 0 Å². The van der Waals surface area contributed by atoms with Crippen LogP contribution in [0.25, 0.3) is 0 Å². The van der Waals surface area contributed by atoms with Crippen LogP contribution in [0.4, 0.5) is 30.2 Å². The lowest BCUT2D eigenvalue weighted by molar-refractivity contribution is -0.388. The molecule has 0 radical (unpaired) electrons. The fourth-order valence-electron chi connectivity index (χ4n) is 5.70. The monoisotopic (exact) mass is 560 g/mol. The minimum atomic E-state index is -4.83. The molecule has 218 valence electrons. The van der Waals surface area contributed by atoms with Crippen molar-refractivity contribution in [3.8, 4) is 0 Å². The zero-order valence-corrected chi connectivity index (χ0v) is 23.5. The Morgan fingerprint density at radius 1 is 1.02 bits per heavy atom. The van der Waals surface area contributed by atoms with Gasteiger partial charge in [-0.05, 0) is 73.3 Å². The van der Waals surface area contributed by atoms with Gasteiger partial charge in [-0.25, -0.2) is 0 Å². The highest BCUT2D eigenvalue weighted by atomic mass is 19.4. The second-order valence-corrected chi connectivity index (χ2v) is 12.1. The van der Waals surface area contributed by atoms with Gasteiger partial charge in [0.2, 0.25) is 5.91 Å². The van der Waals surface area contributed by atoms with E-state index in [1.165, 1.54) is 17.3 Å². The molecule has 2 aromatic carbocycles. The largest absolute Gasteiger partial charge is 0.423 e. The molecule has 0 unspecified atom stereocenters. The van der Waals surface area contributed by atoms with Crippen molar-refractivity contribution < 1.29 is 22.9 Å². The summed E-state index contributed by atoms with van der Waals surface area (Å²) in [6.07, 6.45) is 0.319. The number of benzene rings is 2. The quantitative estimate of drug-likeness (QED) is 0.278. The lowest BCUT2D eigenvalue weighted by Gasteiger charge is -2.34. The van der Waals surface area contributed by atoms with Gasteiger partial charge in [-0.15, -0.1) is 0 Å². The lowest BCUT2D eigenvalue weighted by Crippen LogP contribution is -2.34. The fraction of sp³-hybridized carbons (Fsp3) is 0.567. The first-order chi connectivity index (χ1) is 18.8. The van der Waals surface area contributed by atoms with E-state index in [0.717, 1.165) is 50.9 Å². The molecule has 0 aromatic heterocycles. The van der Waals surface area contributed by atoms with E-state index in [1.807, 2.05) is 0 Å². The van der Waals surface area contributed by atoms with Crippen molar-refractivity contribution in [1.29, 1.82) is 0 Å². The first kappa shape index (κ1) is 29.7. The number of amides is 1. The van der Waals surface area contributed by atoms with Crippen molar-refractivity contribution in [3.05, 3.63) is 63.7 Å². The number of hydrogen-bond donors (Lipinski definition) is 1. The minimum absolute atomic E-state index is 0.0698. The highest BCUT2D eigenvalue weighted by molar-refractivity contribution is 5.76. The second-order valence-electron chi connectivity index (χ2n) is 12.1. The van der Waals surface area contributed by atoms with E-state index in [0.29, 0.717) is 31.8 Å². The van der Waals surface area contributed by atoms with Crippen LogP contribution >= 0.6 is 0 Å². The fourth-order valence-corrected chi connectivity index (χ4v) is 5.70. The summed E-state index contributed by atoms with van der Waals surface area (Å²) in [5.74, 6) is 0.677. The van der Waals surface area contributed by atoms with Crippen LogP contribution in [0, 0.1) is 16.0 Å². The smallest absolute Gasteiger partial charge is 0.380 e. The SMILES string of the molecule is CC(C)(C)c1ccc(N2CCC(CCCC(=O)N3CC[C@@H](Nc4ccc([N+](=O)[O-])c(C(F)(F)F)c4)C3)CC2)cc1. The normalized spacial score (nSPS) is 18.7. The van der Waals surface area contributed by atoms with E-state index in [2.05, 4.69) is 55.3 Å². The van der Waals surface area contributed by atoms with Crippen LogP contribution < -0.4 is 10.2 Å². The molecule has 2 saturated heterocycles. The molecule has 2 fully saturated rings. The Hall–Kier alpha value is -3.30. The topological polar surface area (TPSA) is 78.7 Å². The number of nitro groups is 1. The molecule has 2 aliphatic heterocycles. The molecule has 2 aromatic rings.